The van der Waals surface area contributed by atoms with E-state index in [-0.39, 0.29) is 42.3 Å². The Labute approximate surface area is 298 Å². The van der Waals surface area contributed by atoms with E-state index in [4.69, 9.17) is 27.9 Å². The number of para-hydroxylation sites is 1. The molecule has 0 unspecified atom stereocenters. The van der Waals surface area contributed by atoms with Crippen LogP contribution in [0.2, 0.25) is 10.0 Å². The maximum atomic E-state index is 14.0. The van der Waals surface area contributed by atoms with Gasteiger partial charge in [0.25, 0.3) is 5.91 Å². The third-order valence-corrected chi connectivity index (χ3v) is 11.4. The molecule has 2 N–H and O–H groups in total. The number of piperazine rings is 1. The lowest BCUT2D eigenvalue weighted by Crippen LogP contribution is -2.52. The van der Waals surface area contributed by atoms with Gasteiger partial charge in [-0.1, -0.05) is 41.4 Å². The van der Waals surface area contributed by atoms with E-state index in [9.17, 15) is 19.5 Å². The molecule has 0 radical (unpaired) electrons. The van der Waals surface area contributed by atoms with Crippen molar-refractivity contribution in [3.63, 3.8) is 0 Å². The van der Waals surface area contributed by atoms with Crippen molar-refractivity contribution in [1.29, 1.82) is 0 Å². The summed E-state index contributed by atoms with van der Waals surface area (Å²) in [6, 6.07) is 11.6. The molecular weight excluding hydrogens is 665 g/mol. The number of nitrogens with zero attached hydrogens (tertiary/aromatic N) is 4. The number of amides is 2. The van der Waals surface area contributed by atoms with Crippen molar-refractivity contribution in [2.75, 3.05) is 44.6 Å². The largest absolute Gasteiger partial charge is 0.481 e. The van der Waals surface area contributed by atoms with Gasteiger partial charge in [0.15, 0.2) is 0 Å². The second-order valence-electron chi connectivity index (χ2n) is 14.1. The second-order valence-corrected chi connectivity index (χ2v) is 14.9. The van der Waals surface area contributed by atoms with Crippen LogP contribution in [0.1, 0.15) is 61.9 Å². The first-order valence-corrected chi connectivity index (χ1v) is 18.2. The molecule has 2 aliphatic heterocycles. The zero-order chi connectivity index (χ0) is 34.8. The molecular formula is C37H47Cl2N5O5. The number of benzene rings is 2. The summed E-state index contributed by atoms with van der Waals surface area (Å²) in [5, 5.41) is 13.8. The monoisotopic (exact) mass is 711 g/mol. The number of nitrogens with one attached hydrogen (secondary N) is 1. The number of likely N-dealkylation sites (tertiary alicyclic amines) is 1. The Morgan fingerprint density at radius 3 is 2.41 bits per heavy atom. The summed E-state index contributed by atoms with van der Waals surface area (Å²) in [5.74, 6) is -1.37. The summed E-state index contributed by atoms with van der Waals surface area (Å²) < 4.78 is 8.27. The van der Waals surface area contributed by atoms with E-state index < -0.39 is 5.97 Å². The molecule has 6 rings (SSSR count). The van der Waals surface area contributed by atoms with Crippen LogP contribution in [0.25, 0.3) is 10.9 Å². The standard InChI is InChI=1S/C37H47Cl2N5O5/c1-23(2)42-12-14-43(15-13-42)26-18-27(22-49-28-10-8-24(9-11-28)37(47)48)44(20-26)35(45)17-25-16-32(39)33(19-31(25)38)40-36(46)30-21-41(3)34-7-5-4-6-29(30)34/h4-7,16,19,21,23-24,26-28H,8-15,17-18,20,22H2,1-3H3,(H,40,46)(H,47,48)/t24?,26-,27-,28?/m0/s1. The summed E-state index contributed by atoms with van der Waals surface area (Å²) in [7, 11) is 1.90. The highest BCUT2D eigenvalue weighted by molar-refractivity contribution is 6.36. The van der Waals surface area contributed by atoms with E-state index >= 15 is 0 Å². The summed E-state index contributed by atoms with van der Waals surface area (Å²) in [6.07, 6.45) is 5.37. The Morgan fingerprint density at radius 1 is 1.00 bits per heavy atom. The van der Waals surface area contributed by atoms with Gasteiger partial charge in [0, 0.05) is 74.0 Å². The van der Waals surface area contributed by atoms with Crippen molar-refractivity contribution in [3.05, 3.63) is 63.8 Å². The minimum atomic E-state index is -0.731. The number of carboxylic acid groups (broad SMARTS) is 1. The molecule has 1 aromatic heterocycles. The van der Waals surface area contributed by atoms with E-state index in [0.717, 1.165) is 56.3 Å². The molecule has 10 nitrogen and oxygen atoms in total. The third-order valence-electron chi connectivity index (χ3n) is 10.7. The van der Waals surface area contributed by atoms with Crippen LogP contribution in [0, 0.1) is 5.92 Å². The number of carboxylic acids is 1. The third kappa shape index (κ3) is 8.10. The highest BCUT2D eigenvalue weighted by Gasteiger charge is 2.40. The summed E-state index contributed by atoms with van der Waals surface area (Å²) >= 11 is 13.4. The van der Waals surface area contributed by atoms with Crippen molar-refractivity contribution in [3.8, 4) is 0 Å². The molecule has 1 aliphatic carbocycles. The van der Waals surface area contributed by atoms with Crippen LogP contribution in [0.5, 0.6) is 0 Å². The minimum absolute atomic E-state index is 0.00562. The summed E-state index contributed by atoms with van der Waals surface area (Å²) in [5.41, 5.74) is 2.45. The Kier molecular flexibility index (Phi) is 11.2. The van der Waals surface area contributed by atoms with Crippen molar-refractivity contribution < 1.29 is 24.2 Å². The van der Waals surface area contributed by atoms with Crippen LogP contribution in [0.15, 0.2) is 42.6 Å². The van der Waals surface area contributed by atoms with Crippen molar-refractivity contribution in [2.24, 2.45) is 13.0 Å². The van der Waals surface area contributed by atoms with E-state index in [1.807, 2.05) is 40.8 Å². The molecule has 264 valence electrons. The molecule has 12 heteroatoms. The first-order chi connectivity index (χ1) is 23.5. The number of halogens is 2. The van der Waals surface area contributed by atoms with Crippen LogP contribution in [-0.2, 0) is 27.8 Å². The van der Waals surface area contributed by atoms with Crippen molar-refractivity contribution in [1.82, 2.24) is 19.3 Å². The fourth-order valence-electron chi connectivity index (χ4n) is 7.76. The SMILES string of the molecule is CC(C)N1CCN([C@H]2C[C@@H](COC3CCC(C(=O)O)CC3)N(C(=O)Cc3cc(Cl)c(NC(=O)c4cn(C)c5ccccc45)cc3Cl)C2)CC1. The fraction of sp³-hybridized carbons (Fsp3) is 0.541. The zero-order valence-electron chi connectivity index (χ0n) is 28.5. The zero-order valence-corrected chi connectivity index (χ0v) is 30.1. The highest BCUT2D eigenvalue weighted by atomic mass is 35.5. The number of rotatable bonds is 10. The van der Waals surface area contributed by atoms with Gasteiger partial charge in [-0.25, -0.2) is 0 Å². The topological polar surface area (TPSA) is 107 Å². The average molecular weight is 713 g/mol. The number of aryl methyl sites for hydroxylation is 1. The molecule has 49 heavy (non-hydrogen) atoms. The molecule has 3 aromatic rings. The van der Waals surface area contributed by atoms with Gasteiger partial charge in [0.1, 0.15) is 0 Å². The Hall–Kier alpha value is -3.15. The Bertz CT molecular complexity index is 1680. The molecule has 0 spiro atoms. The molecule has 0 bridgehead atoms. The molecule has 2 atom stereocenters. The van der Waals surface area contributed by atoms with Crippen LogP contribution >= 0.6 is 23.2 Å². The maximum Gasteiger partial charge on any atom is 0.306 e. The van der Waals surface area contributed by atoms with Crippen LogP contribution < -0.4 is 5.32 Å². The Balaban J connectivity index is 1.13. The first kappa shape index (κ1) is 35.7. The van der Waals surface area contributed by atoms with E-state index in [0.29, 0.717) is 58.9 Å². The smallest absolute Gasteiger partial charge is 0.306 e. The maximum absolute atomic E-state index is 14.0. The van der Waals surface area contributed by atoms with E-state index in [1.54, 1.807) is 18.3 Å². The predicted octanol–water partition coefficient (Wildman–Crippen LogP) is 5.94. The number of anilines is 1. The van der Waals surface area contributed by atoms with Crippen molar-refractivity contribution >= 4 is 57.6 Å². The lowest BCUT2D eigenvalue weighted by atomic mass is 9.87. The Morgan fingerprint density at radius 2 is 1.71 bits per heavy atom. The van der Waals surface area contributed by atoms with Crippen molar-refractivity contribution in [2.45, 2.75) is 76.6 Å². The van der Waals surface area contributed by atoms with Crippen LogP contribution in [0.4, 0.5) is 5.69 Å². The quantitative estimate of drug-likeness (QED) is 0.268. The van der Waals surface area contributed by atoms with Gasteiger partial charge in [-0.15, -0.1) is 0 Å². The average Bonchev–Trinajstić information content (AvgIpc) is 3.67. The van der Waals surface area contributed by atoms with Gasteiger partial charge >= 0.3 is 5.97 Å². The summed E-state index contributed by atoms with van der Waals surface area (Å²) in [4.78, 5) is 45.7. The van der Waals surface area contributed by atoms with E-state index in [1.165, 1.54) is 0 Å². The molecule has 3 heterocycles. The second kappa shape index (κ2) is 15.4. The number of hydrogen-bond donors (Lipinski definition) is 2. The van der Waals surface area contributed by atoms with Crippen LogP contribution in [-0.4, -0.2) is 106 Å². The summed E-state index contributed by atoms with van der Waals surface area (Å²) in [6.45, 7) is 9.43. The number of ether oxygens (including phenoxy) is 1. The number of aliphatic carboxylic acids is 1. The molecule has 3 fully saturated rings. The fourth-order valence-corrected chi connectivity index (χ4v) is 8.22. The molecule has 2 amide bonds. The molecule has 2 saturated heterocycles. The number of carbonyl (C=O) groups excluding carboxylic acids is 2. The number of fused-ring (bicyclic) bond motifs is 1. The lowest BCUT2D eigenvalue weighted by Gasteiger charge is -2.39. The highest BCUT2D eigenvalue weighted by Crippen LogP contribution is 2.33. The lowest BCUT2D eigenvalue weighted by molar-refractivity contribution is -0.144. The molecule has 3 aliphatic rings. The predicted molar refractivity (Wildman–Crippen MR) is 193 cm³/mol. The van der Waals surface area contributed by atoms with Crippen LogP contribution in [0.3, 0.4) is 0 Å². The number of aromatic nitrogens is 1. The molecule has 2 aromatic carbocycles. The first-order valence-electron chi connectivity index (χ1n) is 17.4. The van der Waals surface area contributed by atoms with E-state index in [2.05, 4.69) is 29.0 Å². The van der Waals surface area contributed by atoms with Gasteiger partial charge in [0.2, 0.25) is 5.91 Å². The van der Waals surface area contributed by atoms with Gasteiger partial charge < -0.3 is 24.6 Å². The minimum Gasteiger partial charge on any atom is -0.481 e. The van der Waals surface area contributed by atoms with Gasteiger partial charge in [0.05, 0.1) is 47.4 Å². The number of hydrogen-bond acceptors (Lipinski definition) is 6. The number of carbonyl (C=O) groups is 3. The normalized spacial score (nSPS) is 23.8. The van der Waals surface area contributed by atoms with Gasteiger partial charge in [-0.2, -0.15) is 0 Å². The van der Waals surface area contributed by atoms with Gasteiger partial charge in [-0.3, -0.25) is 24.2 Å². The van der Waals surface area contributed by atoms with Gasteiger partial charge in [-0.05, 0) is 69.7 Å². The molecule has 1 saturated carbocycles.